The number of benzene rings is 1. The molecule has 0 saturated carbocycles. The number of hydrogen-bond acceptors (Lipinski definition) is 4. The van der Waals surface area contributed by atoms with E-state index in [1.54, 1.807) is 14.2 Å². The fraction of sp³-hybridized carbons (Fsp3) is 0.625. The summed E-state index contributed by atoms with van der Waals surface area (Å²) in [6.07, 6.45) is 2.04. The second kappa shape index (κ2) is 7.62. The number of rotatable bonds is 7. The van der Waals surface area contributed by atoms with Gasteiger partial charge in [-0.3, -0.25) is 0 Å². The normalized spacial score (nSPS) is 17.9. The molecule has 0 spiro atoms. The van der Waals surface area contributed by atoms with E-state index in [4.69, 9.17) is 14.2 Å². The monoisotopic (exact) mass is 279 g/mol. The van der Waals surface area contributed by atoms with Gasteiger partial charge in [-0.25, -0.2) is 0 Å². The first-order valence-electron chi connectivity index (χ1n) is 7.23. The van der Waals surface area contributed by atoms with Crippen LogP contribution in [0.2, 0.25) is 0 Å². The Morgan fingerprint density at radius 2 is 1.95 bits per heavy atom. The molecule has 0 amide bonds. The summed E-state index contributed by atoms with van der Waals surface area (Å²) in [5.41, 5.74) is 1.38. The van der Waals surface area contributed by atoms with E-state index in [1.807, 2.05) is 12.1 Å². The Morgan fingerprint density at radius 3 is 2.65 bits per heavy atom. The van der Waals surface area contributed by atoms with Crippen molar-refractivity contribution in [2.45, 2.75) is 18.3 Å². The van der Waals surface area contributed by atoms with Crippen LogP contribution in [0.1, 0.15) is 18.4 Å². The molecule has 4 nitrogen and oxygen atoms in total. The highest BCUT2D eigenvalue weighted by molar-refractivity contribution is 5.40. The molecule has 0 atom stereocenters. The highest BCUT2D eigenvalue weighted by Crippen LogP contribution is 2.39. The van der Waals surface area contributed by atoms with E-state index in [2.05, 4.69) is 17.4 Å². The summed E-state index contributed by atoms with van der Waals surface area (Å²) in [5.74, 6) is 0.975. The average Bonchev–Trinajstić information content (AvgIpc) is 2.52. The molecule has 0 bridgehead atoms. The molecule has 1 aliphatic rings. The van der Waals surface area contributed by atoms with Crippen LogP contribution in [0.5, 0.6) is 5.75 Å². The minimum Gasteiger partial charge on any atom is -0.496 e. The van der Waals surface area contributed by atoms with Crippen molar-refractivity contribution in [1.29, 1.82) is 0 Å². The van der Waals surface area contributed by atoms with Gasteiger partial charge in [-0.1, -0.05) is 18.2 Å². The lowest BCUT2D eigenvalue weighted by Crippen LogP contribution is -2.43. The van der Waals surface area contributed by atoms with Gasteiger partial charge in [0.05, 0.1) is 13.7 Å². The van der Waals surface area contributed by atoms with Crippen molar-refractivity contribution in [2.24, 2.45) is 0 Å². The van der Waals surface area contributed by atoms with Gasteiger partial charge in [-0.2, -0.15) is 0 Å². The molecule has 1 saturated heterocycles. The summed E-state index contributed by atoms with van der Waals surface area (Å²) in [4.78, 5) is 0. The fourth-order valence-electron chi connectivity index (χ4n) is 2.89. The molecule has 112 valence electrons. The zero-order chi connectivity index (χ0) is 14.3. The van der Waals surface area contributed by atoms with Crippen LogP contribution < -0.4 is 10.1 Å². The second-order valence-corrected chi connectivity index (χ2v) is 5.26. The Bertz CT molecular complexity index is 402. The van der Waals surface area contributed by atoms with Crippen molar-refractivity contribution >= 4 is 0 Å². The molecule has 4 heteroatoms. The molecular formula is C16H25NO3. The highest BCUT2D eigenvalue weighted by Gasteiger charge is 2.36. The van der Waals surface area contributed by atoms with Crippen LogP contribution in [0.3, 0.4) is 0 Å². The highest BCUT2D eigenvalue weighted by atomic mass is 16.5. The van der Waals surface area contributed by atoms with Gasteiger partial charge in [0.15, 0.2) is 0 Å². The molecule has 1 aromatic rings. The van der Waals surface area contributed by atoms with Crippen molar-refractivity contribution < 1.29 is 14.2 Å². The molecule has 0 aliphatic carbocycles. The van der Waals surface area contributed by atoms with Crippen LogP contribution in [0, 0.1) is 0 Å². The molecule has 0 aromatic heterocycles. The summed E-state index contributed by atoms with van der Waals surface area (Å²) < 4.78 is 16.2. The Labute approximate surface area is 121 Å². The third-order valence-corrected chi connectivity index (χ3v) is 4.07. The van der Waals surface area contributed by atoms with Crippen LogP contribution in [0.25, 0.3) is 0 Å². The Morgan fingerprint density at radius 1 is 1.20 bits per heavy atom. The number of nitrogens with one attached hydrogen (secondary N) is 1. The van der Waals surface area contributed by atoms with Crippen LogP contribution in [0.4, 0.5) is 0 Å². The number of para-hydroxylation sites is 1. The maximum atomic E-state index is 5.56. The Kier molecular flexibility index (Phi) is 5.83. The molecule has 1 fully saturated rings. The predicted octanol–water partition coefficient (Wildman–Crippen LogP) is 1.98. The first-order chi connectivity index (χ1) is 9.82. The molecule has 20 heavy (non-hydrogen) atoms. The van der Waals surface area contributed by atoms with E-state index >= 15 is 0 Å². The first kappa shape index (κ1) is 15.3. The molecule has 2 rings (SSSR count). The average molecular weight is 279 g/mol. The van der Waals surface area contributed by atoms with Crippen molar-refractivity contribution in [3.63, 3.8) is 0 Å². The minimum absolute atomic E-state index is 0.0958. The summed E-state index contributed by atoms with van der Waals surface area (Å²) in [7, 11) is 3.47. The molecule has 1 aromatic carbocycles. The smallest absolute Gasteiger partial charge is 0.122 e. The van der Waals surface area contributed by atoms with Gasteiger partial charge in [-0.15, -0.1) is 0 Å². The minimum atomic E-state index is 0.0958. The lowest BCUT2D eigenvalue weighted by Gasteiger charge is -2.38. The van der Waals surface area contributed by atoms with Gasteiger partial charge >= 0.3 is 0 Å². The standard InChI is InChI=1S/C16H25NO3/c1-18-12-9-17-13-16(7-10-20-11-8-16)14-5-3-4-6-15(14)19-2/h3-6,17H,7-13H2,1-2H3. The molecule has 0 radical (unpaired) electrons. The largest absolute Gasteiger partial charge is 0.496 e. The van der Waals surface area contributed by atoms with Crippen molar-refractivity contribution in [3.8, 4) is 5.75 Å². The van der Waals surface area contributed by atoms with Gasteiger partial charge in [0.1, 0.15) is 5.75 Å². The molecule has 0 unspecified atom stereocenters. The molecule has 1 aliphatic heterocycles. The van der Waals surface area contributed by atoms with Gasteiger partial charge in [0, 0.05) is 44.4 Å². The fourth-order valence-corrected chi connectivity index (χ4v) is 2.89. The van der Waals surface area contributed by atoms with E-state index in [0.717, 1.165) is 51.5 Å². The Hall–Kier alpha value is -1.10. The topological polar surface area (TPSA) is 39.7 Å². The zero-order valence-electron chi connectivity index (χ0n) is 12.5. The summed E-state index contributed by atoms with van der Waals surface area (Å²) in [6.45, 7) is 4.15. The number of ether oxygens (including phenoxy) is 3. The second-order valence-electron chi connectivity index (χ2n) is 5.26. The van der Waals surface area contributed by atoms with E-state index in [1.165, 1.54) is 5.56 Å². The van der Waals surface area contributed by atoms with Crippen LogP contribution in [0.15, 0.2) is 24.3 Å². The number of hydrogen-bond donors (Lipinski definition) is 1. The Balaban J connectivity index is 2.17. The van der Waals surface area contributed by atoms with Gasteiger partial charge in [0.2, 0.25) is 0 Å². The van der Waals surface area contributed by atoms with E-state index < -0.39 is 0 Å². The van der Waals surface area contributed by atoms with E-state index in [0.29, 0.717) is 0 Å². The quantitative estimate of drug-likeness (QED) is 0.775. The lowest BCUT2D eigenvalue weighted by molar-refractivity contribution is 0.0484. The van der Waals surface area contributed by atoms with E-state index in [-0.39, 0.29) is 5.41 Å². The molecular weight excluding hydrogens is 254 g/mol. The third-order valence-electron chi connectivity index (χ3n) is 4.07. The molecule has 1 heterocycles. The molecule has 1 N–H and O–H groups in total. The lowest BCUT2D eigenvalue weighted by atomic mass is 9.73. The number of methoxy groups -OCH3 is 2. The van der Waals surface area contributed by atoms with Gasteiger partial charge in [0.25, 0.3) is 0 Å². The predicted molar refractivity (Wildman–Crippen MR) is 79.5 cm³/mol. The van der Waals surface area contributed by atoms with Crippen LogP contribution >= 0.6 is 0 Å². The summed E-state index contributed by atoms with van der Waals surface area (Å²) >= 11 is 0. The SMILES string of the molecule is COCCNCC1(c2ccccc2OC)CCOCC1. The van der Waals surface area contributed by atoms with E-state index in [9.17, 15) is 0 Å². The zero-order valence-corrected chi connectivity index (χ0v) is 12.5. The van der Waals surface area contributed by atoms with Crippen LogP contribution in [-0.4, -0.2) is 47.1 Å². The summed E-state index contributed by atoms with van der Waals surface area (Å²) in [6, 6.07) is 8.34. The third kappa shape index (κ3) is 3.51. The maximum Gasteiger partial charge on any atom is 0.122 e. The van der Waals surface area contributed by atoms with Crippen molar-refractivity contribution in [3.05, 3.63) is 29.8 Å². The van der Waals surface area contributed by atoms with Gasteiger partial charge < -0.3 is 19.5 Å². The maximum absolute atomic E-state index is 5.56. The van der Waals surface area contributed by atoms with Crippen molar-refractivity contribution in [2.75, 3.05) is 47.1 Å². The van der Waals surface area contributed by atoms with Crippen molar-refractivity contribution in [1.82, 2.24) is 5.32 Å². The summed E-state index contributed by atoms with van der Waals surface area (Å²) in [5, 5.41) is 3.51. The van der Waals surface area contributed by atoms with Gasteiger partial charge in [-0.05, 0) is 18.9 Å². The van der Waals surface area contributed by atoms with Crippen LogP contribution in [-0.2, 0) is 14.9 Å². The first-order valence-corrected chi connectivity index (χ1v) is 7.23.